The lowest BCUT2D eigenvalue weighted by Crippen LogP contribution is -2.39. The van der Waals surface area contributed by atoms with Crippen LogP contribution in [0.15, 0.2) is 26.1 Å². The lowest BCUT2D eigenvalue weighted by atomic mass is 9.84. The normalized spacial score (nSPS) is 16.6. The van der Waals surface area contributed by atoms with Crippen LogP contribution in [-0.4, -0.2) is 5.91 Å². The molecule has 33 heavy (non-hydrogen) atoms. The van der Waals surface area contributed by atoms with E-state index in [2.05, 4.69) is 16.0 Å². The van der Waals surface area contributed by atoms with Gasteiger partial charge in [-0.25, -0.2) is 4.39 Å². The molecule has 1 aliphatic rings. The summed E-state index contributed by atoms with van der Waals surface area (Å²) in [6.45, 7) is 11.4. The molecule has 1 amide bonds. The molecule has 0 saturated heterocycles. The van der Waals surface area contributed by atoms with Gasteiger partial charge in [0, 0.05) is 10.6 Å². The molecule has 0 bridgehead atoms. The minimum Gasteiger partial charge on any atom is -0.464 e. The SMILES string of the molecule is Cc1cc([C@H](Nc2c(Nc3c(F)cc(Cl)c4c3C(=O)NC4C)c(=O)c2=O)C(C)(C)C)oc1C. The molecule has 2 atom stereocenters. The number of rotatable bonds is 5. The number of amides is 1. The predicted octanol–water partition coefficient (Wildman–Crippen LogP) is 5.03. The monoisotopic (exact) mass is 473 g/mol. The number of aryl methyl sites for hydroxylation is 2. The van der Waals surface area contributed by atoms with Crippen LogP contribution in [-0.2, 0) is 0 Å². The van der Waals surface area contributed by atoms with Crippen LogP contribution < -0.4 is 26.8 Å². The van der Waals surface area contributed by atoms with Gasteiger partial charge < -0.3 is 20.4 Å². The topological polar surface area (TPSA) is 100 Å². The Bertz CT molecular complexity index is 1340. The first-order valence-corrected chi connectivity index (χ1v) is 11.0. The minimum atomic E-state index is -0.800. The number of hydrogen-bond acceptors (Lipinski definition) is 6. The molecular weight excluding hydrogens is 449 g/mol. The second kappa shape index (κ2) is 7.73. The van der Waals surface area contributed by atoms with Gasteiger partial charge in [0.2, 0.25) is 0 Å². The molecule has 3 aromatic rings. The highest BCUT2D eigenvalue weighted by atomic mass is 35.5. The van der Waals surface area contributed by atoms with Gasteiger partial charge >= 0.3 is 0 Å². The molecule has 3 N–H and O–H groups in total. The van der Waals surface area contributed by atoms with Crippen molar-refractivity contribution in [3.8, 4) is 0 Å². The lowest BCUT2D eigenvalue weighted by Gasteiger charge is -2.31. The van der Waals surface area contributed by atoms with Crippen LogP contribution in [0.5, 0.6) is 0 Å². The largest absolute Gasteiger partial charge is 0.464 e. The van der Waals surface area contributed by atoms with Crippen LogP contribution in [0.3, 0.4) is 0 Å². The summed E-state index contributed by atoms with van der Waals surface area (Å²) in [5.41, 5.74) is -0.778. The minimum absolute atomic E-state index is 0.0150. The van der Waals surface area contributed by atoms with Crippen molar-refractivity contribution in [3.05, 3.63) is 71.6 Å². The Balaban J connectivity index is 1.76. The first-order valence-electron chi connectivity index (χ1n) is 10.6. The maximum atomic E-state index is 14.9. The Morgan fingerprint density at radius 3 is 2.30 bits per heavy atom. The average Bonchev–Trinajstić information content (AvgIpc) is 3.19. The molecule has 0 aliphatic carbocycles. The number of carbonyl (C=O) groups is 1. The Hall–Kier alpha value is -3.13. The number of nitrogens with one attached hydrogen (secondary N) is 3. The molecule has 0 radical (unpaired) electrons. The van der Waals surface area contributed by atoms with Crippen molar-refractivity contribution in [1.29, 1.82) is 0 Å². The zero-order valence-electron chi connectivity index (χ0n) is 19.2. The Morgan fingerprint density at radius 1 is 1.09 bits per heavy atom. The molecule has 9 heteroatoms. The molecule has 0 saturated carbocycles. The van der Waals surface area contributed by atoms with Crippen molar-refractivity contribution < 1.29 is 13.6 Å². The van der Waals surface area contributed by atoms with E-state index in [0.29, 0.717) is 11.3 Å². The standard InChI is InChI=1S/C24H25ClFN3O4/c1-9-7-14(33-11(9)3)22(24(4,5)6)29-19-18(20(30)21(19)31)28-17-13(26)8-12(25)15-10(2)27-23(32)16(15)17/h7-8,10,22,28-29H,1-6H3,(H,27,32)/t10?,22-/m0/s1. The highest BCUT2D eigenvalue weighted by Gasteiger charge is 2.36. The fraction of sp³-hybridized carbons (Fsp3) is 0.375. The van der Waals surface area contributed by atoms with Gasteiger partial charge in [0.1, 0.15) is 28.7 Å². The summed E-state index contributed by atoms with van der Waals surface area (Å²) in [6, 6.07) is 2.11. The van der Waals surface area contributed by atoms with Gasteiger partial charge in [-0.05, 0) is 43.9 Å². The van der Waals surface area contributed by atoms with E-state index in [1.54, 1.807) is 6.92 Å². The van der Waals surface area contributed by atoms with Crippen LogP contribution in [0.1, 0.15) is 72.8 Å². The Labute approximate surface area is 195 Å². The summed E-state index contributed by atoms with van der Waals surface area (Å²) in [5.74, 6) is 0.0574. The number of benzene rings is 1. The zero-order valence-corrected chi connectivity index (χ0v) is 20.0. The van der Waals surface area contributed by atoms with Crippen LogP contribution in [0.4, 0.5) is 21.5 Å². The van der Waals surface area contributed by atoms with Gasteiger partial charge in [0.25, 0.3) is 16.8 Å². The van der Waals surface area contributed by atoms with Gasteiger partial charge in [-0.1, -0.05) is 32.4 Å². The van der Waals surface area contributed by atoms with Crippen molar-refractivity contribution in [2.45, 2.75) is 53.6 Å². The van der Waals surface area contributed by atoms with Gasteiger partial charge in [0.15, 0.2) is 0 Å². The highest BCUT2D eigenvalue weighted by molar-refractivity contribution is 6.32. The smallest absolute Gasteiger partial charge is 0.254 e. The number of fused-ring (bicyclic) bond motifs is 1. The zero-order chi connectivity index (χ0) is 24.4. The molecule has 1 aromatic heterocycles. The summed E-state index contributed by atoms with van der Waals surface area (Å²) >= 11 is 6.16. The number of carbonyl (C=O) groups excluding carboxylic acids is 1. The molecule has 0 fully saturated rings. The second-order valence-corrected chi connectivity index (χ2v) is 9.97. The van der Waals surface area contributed by atoms with E-state index in [0.717, 1.165) is 17.4 Å². The molecule has 1 unspecified atom stereocenters. The van der Waals surface area contributed by atoms with E-state index in [-0.39, 0.29) is 27.6 Å². The third-order valence-corrected chi connectivity index (χ3v) is 6.37. The summed E-state index contributed by atoms with van der Waals surface area (Å²) in [5, 5.41) is 8.62. The average molecular weight is 474 g/mol. The summed E-state index contributed by atoms with van der Waals surface area (Å²) < 4.78 is 20.7. The van der Waals surface area contributed by atoms with Crippen LogP contribution >= 0.6 is 11.6 Å². The maximum absolute atomic E-state index is 14.9. The summed E-state index contributed by atoms with van der Waals surface area (Å²) in [4.78, 5) is 37.4. The number of furan rings is 1. The molecule has 2 aromatic carbocycles. The van der Waals surface area contributed by atoms with Crippen molar-refractivity contribution in [3.63, 3.8) is 0 Å². The molecule has 174 valence electrons. The van der Waals surface area contributed by atoms with E-state index in [1.807, 2.05) is 40.7 Å². The number of anilines is 3. The Kier molecular flexibility index (Phi) is 5.40. The molecule has 0 spiro atoms. The second-order valence-electron chi connectivity index (χ2n) is 9.56. The van der Waals surface area contributed by atoms with Crippen LogP contribution in [0.2, 0.25) is 5.02 Å². The third-order valence-electron chi connectivity index (χ3n) is 6.06. The van der Waals surface area contributed by atoms with Crippen LogP contribution in [0.25, 0.3) is 0 Å². The molecule has 1 aliphatic heterocycles. The van der Waals surface area contributed by atoms with Crippen molar-refractivity contribution in [2.24, 2.45) is 5.41 Å². The number of halogens is 2. The first-order chi connectivity index (χ1) is 15.3. The molecular formula is C24H25ClFN3O4. The fourth-order valence-electron chi connectivity index (χ4n) is 4.13. The highest BCUT2D eigenvalue weighted by Crippen LogP contribution is 2.41. The Morgan fingerprint density at radius 2 is 1.73 bits per heavy atom. The quantitative estimate of drug-likeness (QED) is 0.449. The van der Waals surface area contributed by atoms with Gasteiger partial charge in [-0.15, -0.1) is 0 Å². The molecule has 2 heterocycles. The molecule has 4 rings (SSSR count). The van der Waals surface area contributed by atoms with Crippen molar-refractivity contribution in [2.75, 3.05) is 10.6 Å². The van der Waals surface area contributed by atoms with Gasteiger partial charge in [-0.2, -0.15) is 0 Å². The van der Waals surface area contributed by atoms with Gasteiger partial charge in [-0.3, -0.25) is 14.4 Å². The summed E-state index contributed by atoms with van der Waals surface area (Å²) in [7, 11) is 0. The first kappa shape index (κ1) is 23.0. The van der Waals surface area contributed by atoms with E-state index in [4.69, 9.17) is 16.0 Å². The summed E-state index contributed by atoms with van der Waals surface area (Å²) in [6.07, 6.45) is 0. The van der Waals surface area contributed by atoms with E-state index in [1.165, 1.54) is 0 Å². The van der Waals surface area contributed by atoms with Crippen LogP contribution in [0, 0.1) is 25.1 Å². The molecule has 7 nitrogen and oxygen atoms in total. The van der Waals surface area contributed by atoms with Crippen molar-refractivity contribution >= 4 is 34.6 Å². The van der Waals surface area contributed by atoms with Gasteiger partial charge in [0.05, 0.1) is 23.3 Å². The fourth-order valence-corrected chi connectivity index (χ4v) is 4.49. The van der Waals surface area contributed by atoms with E-state index >= 15 is 0 Å². The predicted molar refractivity (Wildman–Crippen MR) is 126 cm³/mol. The lowest BCUT2D eigenvalue weighted by molar-refractivity contribution is 0.0959. The number of hydrogen-bond donors (Lipinski definition) is 3. The van der Waals surface area contributed by atoms with E-state index < -0.39 is 40.1 Å². The third kappa shape index (κ3) is 3.72. The van der Waals surface area contributed by atoms with E-state index in [9.17, 15) is 18.8 Å². The van der Waals surface area contributed by atoms with Crippen molar-refractivity contribution in [1.82, 2.24) is 5.32 Å². The maximum Gasteiger partial charge on any atom is 0.254 e.